The quantitative estimate of drug-likeness (QED) is 0.177. The number of hydrogen-bond donors (Lipinski definition) is 0. The fourth-order valence-corrected chi connectivity index (χ4v) is 3.28. The molecule has 8 nitrogen and oxygen atoms in total. The lowest BCUT2D eigenvalue weighted by atomic mass is 10.1. The Kier molecular flexibility index (Phi) is 8.34. The maximum absolute atomic E-state index is 12.7. The van der Waals surface area contributed by atoms with Crippen molar-refractivity contribution in [2.24, 2.45) is 0 Å². The molecule has 0 aliphatic carbocycles. The van der Waals surface area contributed by atoms with Gasteiger partial charge >= 0.3 is 5.97 Å². The van der Waals surface area contributed by atoms with Crippen molar-refractivity contribution in [1.29, 1.82) is 0 Å². The molecule has 0 amide bonds. The van der Waals surface area contributed by atoms with Crippen LogP contribution in [0.3, 0.4) is 0 Å². The van der Waals surface area contributed by atoms with Crippen LogP contribution in [-0.2, 0) is 0 Å². The molecule has 35 heavy (non-hydrogen) atoms. The molecule has 3 rings (SSSR count). The van der Waals surface area contributed by atoms with E-state index in [1.807, 2.05) is 0 Å². The van der Waals surface area contributed by atoms with Crippen molar-refractivity contribution >= 4 is 17.8 Å². The van der Waals surface area contributed by atoms with Crippen molar-refractivity contribution in [3.05, 3.63) is 77.4 Å². The van der Waals surface area contributed by atoms with Gasteiger partial charge in [-0.3, -0.25) is 4.79 Å². The predicted octanol–water partition coefficient (Wildman–Crippen LogP) is 4.84. The minimum Gasteiger partial charge on any atom is -0.497 e. The molecule has 0 atom stereocenters. The summed E-state index contributed by atoms with van der Waals surface area (Å²) in [5, 5.41) is 0. The van der Waals surface area contributed by atoms with Crippen molar-refractivity contribution in [2.75, 3.05) is 35.5 Å². The lowest BCUT2D eigenvalue weighted by molar-refractivity contribution is 0.0733. The number of benzene rings is 3. The number of esters is 1. The van der Waals surface area contributed by atoms with Crippen LogP contribution in [0.1, 0.15) is 26.3 Å². The first-order valence-corrected chi connectivity index (χ1v) is 10.5. The summed E-state index contributed by atoms with van der Waals surface area (Å²) in [6.07, 6.45) is 3.09. The highest BCUT2D eigenvalue weighted by Crippen LogP contribution is 2.38. The van der Waals surface area contributed by atoms with Crippen molar-refractivity contribution < 1.29 is 38.0 Å². The molecule has 0 aromatic heterocycles. The molecular weight excluding hydrogens is 452 g/mol. The van der Waals surface area contributed by atoms with Gasteiger partial charge in [0.2, 0.25) is 5.75 Å². The SMILES string of the molecule is COc1ccc(OC)c(/C=C/C(=O)c2ccc(OC(=O)c3cc(OC)c(OC)c(OC)c3)cc2)c1. The zero-order valence-corrected chi connectivity index (χ0v) is 20.1. The van der Waals surface area contributed by atoms with Gasteiger partial charge in [-0.2, -0.15) is 0 Å². The second-order valence-corrected chi connectivity index (χ2v) is 7.13. The molecule has 0 aliphatic rings. The monoisotopic (exact) mass is 478 g/mol. The van der Waals surface area contributed by atoms with Gasteiger partial charge in [-0.25, -0.2) is 4.79 Å². The van der Waals surface area contributed by atoms with E-state index < -0.39 is 5.97 Å². The van der Waals surface area contributed by atoms with E-state index in [4.69, 9.17) is 28.4 Å². The minimum atomic E-state index is -0.617. The molecule has 182 valence electrons. The Balaban J connectivity index is 1.73. The summed E-state index contributed by atoms with van der Waals surface area (Å²) in [6, 6.07) is 14.6. The molecule has 0 N–H and O–H groups in total. The highest BCUT2D eigenvalue weighted by molar-refractivity contribution is 6.07. The fourth-order valence-electron chi connectivity index (χ4n) is 3.28. The van der Waals surface area contributed by atoms with Gasteiger partial charge in [0.15, 0.2) is 17.3 Å². The van der Waals surface area contributed by atoms with Crippen LogP contribution in [0.15, 0.2) is 60.7 Å². The van der Waals surface area contributed by atoms with Crippen LogP contribution in [0.5, 0.6) is 34.5 Å². The third kappa shape index (κ3) is 5.92. The Morgan fingerprint density at radius 2 is 1.23 bits per heavy atom. The maximum atomic E-state index is 12.7. The lowest BCUT2D eigenvalue weighted by Gasteiger charge is -2.13. The van der Waals surface area contributed by atoms with Gasteiger partial charge < -0.3 is 28.4 Å². The highest BCUT2D eigenvalue weighted by Gasteiger charge is 2.18. The normalized spacial score (nSPS) is 10.5. The average molecular weight is 478 g/mol. The van der Waals surface area contributed by atoms with Crippen LogP contribution in [-0.4, -0.2) is 47.3 Å². The van der Waals surface area contributed by atoms with Gasteiger partial charge in [0.25, 0.3) is 0 Å². The minimum absolute atomic E-state index is 0.217. The van der Waals surface area contributed by atoms with Gasteiger partial charge in [-0.15, -0.1) is 0 Å². The molecule has 0 aliphatic heterocycles. The highest BCUT2D eigenvalue weighted by atomic mass is 16.5. The molecule has 0 saturated carbocycles. The number of rotatable bonds is 10. The summed E-state index contributed by atoms with van der Waals surface area (Å²) >= 11 is 0. The lowest BCUT2D eigenvalue weighted by Crippen LogP contribution is -2.10. The summed E-state index contributed by atoms with van der Waals surface area (Å²) in [5.41, 5.74) is 1.35. The van der Waals surface area contributed by atoms with Crippen LogP contribution in [0.2, 0.25) is 0 Å². The van der Waals surface area contributed by atoms with Crippen molar-refractivity contribution in [3.8, 4) is 34.5 Å². The zero-order valence-electron chi connectivity index (χ0n) is 20.1. The molecule has 0 bridgehead atoms. The van der Waals surface area contributed by atoms with E-state index in [1.165, 1.54) is 39.5 Å². The van der Waals surface area contributed by atoms with E-state index in [0.717, 1.165) is 0 Å². The van der Waals surface area contributed by atoms with E-state index >= 15 is 0 Å². The number of carbonyl (C=O) groups is 2. The zero-order chi connectivity index (χ0) is 25.4. The van der Waals surface area contributed by atoms with Crippen LogP contribution < -0.4 is 28.4 Å². The van der Waals surface area contributed by atoms with Crippen molar-refractivity contribution in [2.45, 2.75) is 0 Å². The largest absolute Gasteiger partial charge is 0.497 e. The van der Waals surface area contributed by atoms with E-state index in [9.17, 15) is 9.59 Å². The molecule has 0 radical (unpaired) electrons. The summed E-state index contributed by atoms with van der Waals surface area (Å²) in [6.45, 7) is 0. The number of allylic oxidation sites excluding steroid dienone is 1. The smallest absolute Gasteiger partial charge is 0.343 e. The number of hydrogen-bond acceptors (Lipinski definition) is 8. The van der Waals surface area contributed by atoms with E-state index in [2.05, 4.69) is 0 Å². The molecule has 8 heteroatoms. The summed E-state index contributed by atoms with van der Waals surface area (Å²) in [5.74, 6) is 1.73. The second kappa shape index (κ2) is 11.6. The number of ether oxygens (including phenoxy) is 6. The van der Waals surface area contributed by atoms with Gasteiger partial charge in [0.1, 0.15) is 17.2 Å². The molecule has 0 spiro atoms. The average Bonchev–Trinajstić information content (AvgIpc) is 2.90. The predicted molar refractivity (Wildman–Crippen MR) is 130 cm³/mol. The van der Waals surface area contributed by atoms with E-state index in [-0.39, 0.29) is 17.1 Å². The van der Waals surface area contributed by atoms with Gasteiger partial charge in [0.05, 0.1) is 41.1 Å². The Hall–Kier alpha value is -4.46. The Bertz CT molecular complexity index is 1200. The Morgan fingerprint density at radius 3 is 1.77 bits per heavy atom. The van der Waals surface area contributed by atoms with Crippen LogP contribution in [0.25, 0.3) is 6.08 Å². The van der Waals surface area contributed by atoms with Crippen molar-refractivity contribution in [3.63, 3.8) is 0 Å². The Labute approximate surface area is 203 Å². The van der Waals surface area contributed by atoms with Crippen molar-refractivity contribution in [1.82, 2.24) is 0 Å². The topological polar surface area (TPSA) is 89.5 Å². The summed E-state index contributed by atoms with van der Waals surface area (Å²) in [4.78, 5) is 25.3. The van der Waals surface area contributed by atoms with E-state index in [1.54, 1.807) is 62.8 Å². The third-order valence-corrected chi connectivity index (χ3v) is 5.10. The number of carbonyl (C=O) groups excluding carboxylic acids is 2. The molecule has 3 aromatic rings. The molecule has 0 heterocycles. The van der Waals surface area contributed by atoms with E-state index in [0.29, 0.717) is 39.9 Å². The third-order valence-electron chi connectivity index (χ3n) is 5.10. The standard InChI is InChI=1S/C27H26O8/c1-30-21-11-13-23(31-2)18(14-21)8-12-22(28)17-6-9-20(10-7-17)35-27(29)19-15-24(32-3)26(34-5)25(16-19)33-4/h6-16H,1-5H3/b12-8+. The molecule has 3 aromatic carbocycles. The molecule has 0 saturated heterocycles. The first-order valence-electron chi connectivity index (χ1n) is 10.5. The van der Waals surface area contributed by atoms with Gasteiger partial charge in [-0.05, 0) is 66.7 Å². The maximum Gasteiger partial charge on any atom is 0.343 e. The van der Waals surface area contributed by atoms with Gasteiger partial charge in [0, 0.05) is 11.1 Å². The number of methoxy groups -OCH3 is 5. The number of ketones is 1. The van der Waals surface area contributed by atoms with Gasteiger partial charge in [-0.1, -0.05) is 0 Å². The Morgan fingerprint density at radius 1 is 0.629 bits per heavy atom. The van der Waals surface area contributed by atoms with Crippen LogP contribution >= 0.6 is 0 Å². The summed E-state index contributed by atoms with van der Waals surface area (Å²) < 4.78 is 31.8. The first-order chi connectivity index (χ1) is 16.9. The molecule has 0 fully saturated rings. The molecular formula is C27H26O8. The second-order valence-electron chi connectivity index (χ2n) is 7.13. The van der Waals surface area contributed by atoms with Crippen LogP contribution in [0, 0.1) is 0 Å². The molecule has 0 unspecified atom stereocenters. The fraction of sp³-hybridized carbons (Fsp3) is 0.185. The summed E-state index contributed by atoms with van der Waals surface area (Å²) in [7, 11) is 7.51. The van der Waals surface area contributed by atoms with Crippen LogP contribution in [0.4, 0.5) is 0 Å². The first kappa shape index (κ1) is 25.2.